The molecule has 0 aliphatic carbocycles. The van der Waals surface area contributed by atoms with E-state index in [1.54, 1.807) is 39.1 Å². The van der Waals surface area contributed by atoms with Gasteiger partial charge in [0.1, 0.15) is 23.0 Å². The van der Waals surface area contributed by atoms with Gasteiger partial charge in [-0.1, -0.05) is 22.8 Å². The van der Waals surface area contributed by atoms with Crippen LogP contribution >= 0.6 is 11.6 Å². The fraction of sp³-hybridized carbons (Fsp3) is 0.273. The predicted octanol–water partition coefficient (Wildman–Crippen LogP) is 4.04. The van der Waals surface area contributed by atoms with Gasteiger partial charge in [-0.25, -0.2) is 8.42 Å². The maximum Gasteiger partial charge on any atom is 0.262 e. The van der Waals surface area contributed by atoms with Crippen LogP contribution in [0.5, 0.6) is 11.5 Å². The molecule has 0 aliphatic heterocycles. The van der Waals surface area contributed by atoms with E-state index in [4.69, 9.17) is 25.6 Å². The molecule has 1 N–H and O–H groups in total. The Morgan fingerprint density at radius 3 is 2.42 bits per heavy atom. The zero-order valence-corrected chi connectivity index (χ0v) is 20.4. The third-order valence-electron chi connectivity index (χ3n) is 4.87. The van der Waals surface area contributed by atoms with E-state index in [0.717, 1.165) is 0 Å². The van der Waals surface area contributed by atoms with Crippen LogP contribution in [-0.4, -0.2) is 45.6 Å². The summed E-state index contributed by atoms with van der Waals surface area (Å²) >= 11 is 6.16. The summed E-state index contributed by atoms with van der Waals surface area (Å²) in [5.41, 5.74) is 1.40. The summed E-state index contributed by atoms with van der Waals surface area (Å²) in [4.78, 5) is 14.3. The molecule has 3 rings (SSSR count). The molecule has 9 nitrogen and oxygen atoms in total. The summed E-state index contributed by atoms with van der Waals surface area (Å²) in [6, 6.07) is 9.09. The van der Waals surface area contributed by atoms with E-state index < -0.39 is 10.0 Å². The number of methoxy groups -OCH3 is 2. The van der Waals surface area contributed by atoms with E-state index in [1.807, 2.05) is 0 Å². The largest absolute Gasteiger partial charge is 0.495 e. The number of amides is 1. The van der Waals surface area contributed by atoms with Crippen molar-refractivity contribution >= 4 is 33.2 Å². The van der Waals surface area contributed by atoms with Crippen molar-refractivity contribution < 1.29 is 27.2 Å². The Hall–Kier alpha value is -3.24. The molecule has 0 atom stereocenters. The van der Waals surface area contributed by atoms with Gasteiger partial charge < -0.3 is 18.9 Å². The Labute approximate surface area is 197 Å². The zero-order valence-electron chi connectivity index (χ0n) is 18.8. The molecule has 0 saturated heterocycles. The van der Waals surface area contributed by atoms with Crippen LogP contribution in [0.15, 0.2) is 45.8 Å². The first-order valence-corrected chi connectivity index (χ1v) is 11.6. The number of aryl methyl sites for hydroxylation is 2. The van der Waals surface area contributed by atoms with Gasteiger partial charge >= 0.3 is 0 Å². The Bertz CT molecular complexity index is 1290. The minimum atomic E-state index is -4.08. The summed E-state index contributed by atoms with van der Waals surface area (Å²) < 4.78 is 44.3. The molecule has 3 aromatic rings. The number of ether oxygens (including phenoxy) is 2. The van der Waals surface area contributed by atoms with Crippen LogP contribution in [-0.2, 0) is 16.6 Å². The van der Waals surface area contributed by atoms with Crippen LogP contribution in [0.1, 0.15) is 27.4 Å². The molecule has 0 bridgehead atoms. The number of carbonyl (C=O) groups excluding carboxylic acids is 1. The molecule has 2 aromatic carbocycles. The third-order valence-corrected chi connectivity index (χ3v) is 6.67. The van der Waals surface area contributed by atoms with Gasteiger partial charge in [-0.2, -0.15) is 0 Å². The van der Waals surface area contributed by atoms with E-state index in [2.05, 4.69) is 9.88 Å². The number of anilines is 1. The summed E-state index contributed by atoms with van der Waals surface area (Å²) in [6.45, 7) is 3.61. The summed E-state index contributed by atoms with van der Waals surface area (Å²) in [5, 5.41) is 4.09. The third kappa shape index (κ3) is 5.40. The molecule has 0 saturated carbocycles. The van der Waals surface area contributed by atoms with Crippen LogP contribution < -0.4 is 14.2 Å². The van der Waals surface area contributed by atoms with E-state index in [9.17, 15) is 13.2 Å². The molecular formula is C22H24ClN3O6S. The first-order valence-electron chi connectivity index (χ1n) is 9.78. The lowest BCUT2D eigenvalue weighted by Crippen LogP contribution is -2.27. The minimum Gasteiger partial charge on any atom is -0.495 e. The van der Waals surface area contributed by atoms with Crippen molar-refractivity contribution in [3.8, 4) is 11.5 Å². The van der Waals surface area contributed by atoms with Gasteiger partial charge in [-0.05, 0) is 37.6 Å². The predicted molar refractivity (Wildman–Crippen MR) is 124 cm³/mol. The number of rotatable bonds is 8. The maximum absolute atomic E-state index is 13.2. The van der Waals surface area contributed by atoms with Gasteiger partial charge in [0.25, 0.3) is 15.9 Å². The normalized spacial score (nSPS) is 11.2. The van der Waals surface area contributed by atoms with Gasteiger partial charge in [0.15, 0.2) is 0 Å². The monoisotopic (exact) mass is 493 g/mol. The Kier molecular flexibility index (Phi) is 7.19. The van der Waals surface area contributed by atoms with Crippen LogP contribution in [0.2, 0.25) is 5.02 Å². The average Bonchev–Trinajstić information content (AvgIpc) is 3.17. The standard InChI is InChI=1S/C22H24ClN3O6S/c1-13-6-7-15(22(27)26(3)12-16-8-14(2)32-24-16)9-21(13)33(28,29)25-18-10-17(23)19(30-4)11-20(18)31-5/h6-11,25H,12H2,1-5H3. The number of hydrogen-bond acceptors (Lipinski definition) is 7. The highest BCUT2D eigenvalue weighted by molar-refractivity contribution is 7.92. The number of aromatic nitrogens is 1. The highest BCUT2D eigenvalue weighted by Gasteiger charge is 2.23. The van der Waals surface area contributed by atoms with E-state index in [0.29, 0.717) is 22.8 Å². The summed E-state index contributed by atoms with van der Waals surface area (Å²) in [6.07, 6.45) is 0. The molecule has 11 heteroatoms. The molecule has 0 fully saturated rings. The molecule has 0 aliphatic rings. The Morgan fingerprint density at radius 2 is 1.82 bits per heavy atom. The first-order chi connectivity index (χ1) is 15.6. The molecule has 0 radical (unpaired) electrons. The number of halogens is 1. The number of hydrogen-bond donors (Lipinski definition) is 1. The molecule has 1 heterocycles. The van der Waals surface area contributed by atoms with Crippen LogP contribution in [0.3, 0.4) is 0 Å². The van der Waals surface area contributed by atoms with Gasteiger partial charge in [0, 0.05) is 24.7 Å². The molecule has 1 amide bonds. The lowest BCUT2D eigenvalue weighted by molar-refractivity contribution is 0.0782. The average molecular weight is 494 g/mol. The molecule has 0 spiro atoms. The number of carbonyl (C=O) groups is 1. The van der Waals surface area contributed by atoms with Crippen molar-refractivity contribution in [2.45, 2.75) is 25.3 Å². The first kappa shape index (κ1) is 24.4. The van der Waals surface area contributed by atoms with Crippen molar-refractivity contribution in [2.24, 2.45) is 0 Å². The Morgan fingerprint density at radius 1 is 1.12 bits per heavy atom. The second-order valence-electron chi connectivity index (χ2n) is 7.36. The van der Waals surface area contributed by atoms with Crippen LogP contribution in [0.25, 0.3) is 0 Å². The molecule has 0 unspecified atom stereocenters. The highest BCUT2D eigenvalue weighted by atomic mass is 35.5. The topological polar surface area (TPSA) is 111 Å². The smallest absolute Gasteiger partial charge is 0.262 e. The van der Waals surface area contributed by atoms with Crippen molar-refractivity contribution in [1.29, 1.82) is 0 Å². The SMILES string of the molecule is COc1cc(OC)c(NS(=O)(=O)c2cc(C(=O)N(C)Cc3cc(C)on3)ccc2C)cc1Cl. The van der Waals surface area contributed by atoms with Gasteiger partial charge in [-0.3, -0.25) is 9.52 Å². The van der Waals surface area contributed by atoms with Gasteiger partial charge in [0.05, 0.1) is 36.4 Å². The molecule has 1 aromatic heterocycles. The molecular weight excluding hydrogens is 470 g/mol. The lowest BCUT2D eigenvalue weighted by atomic mass is 10.1. The van der Waals surface area contributed by atoms with Crippen molar-refractivity contribution in [2.75, 3.05) is 26.0 Å². The number of sulfonamides is 1. The molecule has 176 valence electrons. The Balaban J connectivity index is 1.90. The van der Waals surface area contributed by atoms with Crippen LogP contribution in [0.4, 0.5) is 5.69 Å². The van der Waals surface area contributed by atoms with E-state index >= 15 is 0 Å². The quantitative estimate of drug-likeness (QED) is 0.504. The number of nitrogens with one attached hydrogen (secondary N) is 1. The fourth-order valence-corrected chi connectivity index (χ4v) is 4.76. The van der Waals surface area contributed by atoms with Gasteiger partial charge in [-0.15, -0.1) is 0 Å². The second-order valence-corrected chi connectivity index (χ2v) is 9.42. The van der Waals surface area contributed by atoms with Crippen molar-refractivity contribution in [3.05, 3.63) is 64.0 Å². The van der Waals surface area contributed by atoms with Crippen molar-refractivity contribution in [1.82, 2.24) is 10.1 Å². The van der Waals surface area contributed by atoms with E-state index in [1.165, 1.54) is 37.3 Å². The van der Waals surface area contributed by atoms with Crippen LogP contribution in [0, 0.1) is 13.8 Å². The zero-order chi connectivity index (χ0) is 24.3. The lowest BCUT2D eigenvalue weighted by Gasteiger charge is -2.18. The number of benzene rings is 2. The van der Waals surface area contributed by atoms with Crippen molar-refractivity contribution in [3.63, 3.8) is 0 Å². The molecule has 33 heavy (non-hydrogen) atoms. The van der Waals surface area contributed by atoms with E-state index in [-0.39, 0.29) is 39.4 Å². The second kappa shape index (κ2) is 9.72. The highest BCUT2D eigenvalue weighted by Crippen LogP contribution is 2.37. The maximum atomic E-state index is 13.2. The minimum absolute atomic E-state index is 0.0481. The number of nitrogens with zero attached hydrogens (tertiary/aromatic N) is 2. The summed E-state index contributed by atoms with van der Waals surface area (Å²) in [7, 11) is 0.364. The summed E-state index contributed by atoms with van der Waals surface area (Å²) in [5.74, 6) is 0.838. The fourth-order valence-electron chi connectivity index (χ4n) is 3.19. The van der Waals surface area contributed by atoms with Gasteiger partial charge in [0.2, 0.25) is 0 Å².